The van der Waals surface area contributed by atoms with Gasteiger partial charge in [0, 0.05) is 37.9 Å². The average molecular weight is 601 g/mol. The smallest absolute Gasteiger partial charge is 0.354 e. The van der Waals surface area contributed by atoms with E-state index in [1.165, 1.54) is 12.1 Å². The summed E-state index contributed by atoms with van der Waals surface area (Å²) in [6.45, 7) is 1.66. The standard InChI is InChI=1S/C27H19F7N2O2S2/c1-14-16-6-2-4-8-20(16)36-23(14)22-17-7-3-5-9-21(17)39-24(22)25(27(32,33)34,40(35,37)38)13-15-10-11-19(28)18(12-15)26(29,30)31/h2-12,36H,13H2,1H3,(H2,35,37,38). The Labute approximate surface area is 227 Å². The van der Waals surface area contributed by atoms with Crippen molar-refractivity contribution in [1.29, 1.82) is 0 Å². The molecule has 0 spiro atoms. The van der Waals surface area contributed by atoms with Gasteiger partial charge in [0.1, 0.15) is 5.82 Å². The van der Waals surface area contributed by atoms with Gasteiger partial charge < -0.3 is 4.98 Å². The summed E-state index contributed by atoms with van der Waals surface area (Å²) in [6.07, 6.45) is -12.3. The van der Waals surface area contributed by atoms with Crippen LogP contribution in [0.25, 0.3) is 32.2 Å². The highest BCUT2D eigenvalue weighted by molar-refractivity contribution is 7.90. The predicted molar refractivity (Wildman–Crippen MR) is 140 cm³/mol. The zero-order valence-electron chi connectivity index (χ0n) is 20.4. The van der Waals surface area contributed by atoms with Crippen LogP contribution in [0.2, 0.25) is 0 Å². The van der Waals surface area contributed by atoms with E-state index in [4.69, 9.17) is 5.14 Å². The number of benzene rings is 3. The lowest BCUT2D eigenvalue weighted by Crippen LogP contribution is -2.53. The molecule has 40 heavy (non-hydrogen) atoms. The van der Waals surface area contributed by atoms with Crippen molar-refractivity contribution in [3.63, 3.8) is 0 Å². The van der Waals surface area contributed by atoms with E-state index in [-0.39, 0.29) is 17.3 Å². The Morgan fingerprint density at radius 2 is 1.52 bits per heavy atom. The minimum Gasteiger partial charge on any atom is -0.354 e. The lowest BCUT2D eigenvalue weighted by atomic mass is 9.90. The summed E-state index contributed by atoms with van der Waals surface area (Å²) in [4.78, 5) is 2.37. The van der Waals surface area contributed by atoms with E-state index in [0.29, 0.717) is 50.0 Å². The van der Waals surface area contributed by atoms with E-state index in [9.17, 15) is 26.0 Å². The number of para-hydroxylation sites is 1. The summed E-state index contributed by atoms with van der Waals surface area (Å²) < 4.78 is 123. The summed E-state index contributed by atoms with van der Waals surface area (Å²) >= 11 is 0.535. The molecule has 3 N–H and O–H groups in total. The lowest BCUT2D eigenvalue weighted by Gasteiger charge is -2.34. The molecule has 0 saturated carbocycles. The zero-order chi connectivity index (χ0) is 29.3. The van der Waals surface area contributed by atoms with Crippen molar-refractivity contribution in [1.82, 2.24) is 4.98 Å². The summed E-state index contributed by atoms with van der Waals surface area (Å²) in [6, 6.07) is 14.3. The van der Waals surface area contributed by atoms with Gasteiger partial charge in [0.15, 0.2) is 0 Å². The molecule has 2 aromatic heterocycles. The molecule has 4 nitrogen and oxygen atoms in total. The number of thiophene rings is 1. The van der Waals surface area contributed by atoms with E-state index < -0.39 is 55.4 Å². The highest BCUT2D eigenvalue weighted by Crippen LogP contribution is 2.55. The van der Waals surface area contributed by atoms with Crippen molar-refractivity contribution in [2.75, 3.05) is 0 Å². The Kier molecular flexibility index (Phi) is 6.55. The van der Waals surface area contributed by atoms with E-state index in [1.54, 1.807) is 43.3 Å². The highest BCUT2D eigenvalue weighted by Gasteiger charge is 2.66. The number of H-pyrrole nitrogens is 1. The van der Waals surface area contributed by atoms with E-state index in [2.05, 4.69) is 4.98 Å². The van der Waals surface area contributed by atoms with Crippen LogP contribution in [0.3, 0.4) is 0 Å². The Balaban J connectivity index is 1.89. The van der Waals surface area contributed by atoms with Gasteiger partial charge >= 0.3 is 12.4 Å². The molecular formula is C27H19F7N2O2S2. The minimum absolute atomic E-state index is 0.0844. The van der Waals surface area contributed by atoms with E-state index >= 15 is 13.2 Å². The maximum absolute atomic E-state index is 15.2. The van der Waals surface area contributed by atoms with E-state index in [0.717, 1.165) is 0 Å². The summed E-state index contributed by atoms with van der Waals surface area (Å²) in [7, 11) is -5.62. The molecule has 210 valence electrons. The molecule has 13 heteroatoms. The predicted octanol–water partition coefficient (Wildman–Crippen LogP) is 7.80. The third-order valence-corrected chi connectivity index (χ3v) is 9.92. The van der Waals surface area contributed by atoms with Crippen molar-refractivity contribution in [2.24, 2.45) is 5.14 Å². The van der Waals surface area contributed by atoms with Gasteiger partial charge in [-0.1, -0.05) is 42.5 Å². The van der Waals surface area contributed by atoms with Crippen LogP contribution in [0.4, 0.5) is 30.7 Å². The molecule has 0 aliphatic rings. The van der Waals surface area contributed by atoms with Gasteiger partial charge in [-0.05, 0) is 42.3 Å². The lowest BCUT2D eigenvalue weighted by molar-refractivity contribution is -0.163. The number of nitrogens with two attached hydrogens (primary N) is 1. The fraction of sp³-hybridized carbons (Fsp3) is 0.185. The maximum atomic E-state index is 15.2. The summed E-state index contributed by atoms with van der Waals surface area (Å²) in [5, 5.41) is 6.35. The Bertz CT molecular complexity index is 1870. The maximum Gasteiger partial charge on any atom is 0.419 e. The Morgan fingerprint density at radius 3 is 2.12 bits per heavy atom. The molecular weight excluding hydrogens is 581 g/mol. The molecule has 0 amide bonds. The van der Waals surface area contributed by atoms with Crippen LogP contribution < -0.4 is 5.14 Å². The number of hydrogen-bond acceptors (Lipinski definition) is 3. The van der Waals surface area contributed by atoms with Crippen molar-refractivity contribution in [3.05, 3.63) is 94.1 Å². The largest absolute Gasteiger partial charge is 0.419 e. The number of sulfonamides is 1. The first kappa shape index (κ1) is 28.1. The number of alkyl halides is 6. The van der Waals surface area contributed by atoms with Gasteiger partial charge in [-0.3, -0.25) is 0 Å². The van der Waals surface area contributed by atoms with Crippen molar-refractivity contribution >= 4 is 42.3 Å². The molecule has 1 atom stereocenters. The van der Waals surface area contributed by atoms with Crippen molar-refractivity contribution in [3.8, 4) is 11.3 Å². The molecule has 5 rings (SSSR count). The molecule has 3 aromatic carbocycles. The van der Waals surface area contributed by atoms with E-state index in [1.807, 2.05) is 0 Å². The quantitative estimate of drug-likeness (QED) is 0.202. The molecule has 0 aliphatic carbocycles. The van der Waals surface area contributed by atoms with Crippen LogP contribution in [0.1, 0.15) is 21.6 Å². The average Bonchev–Trinajstić information content (AvgIpc) is 3.39. The Hall–Kier alpha value is -3.42. The second kappa shape index (κ2) is 9.32. The molecule has 0 fully saturated rings. The Morgan fingerprint density at radius 1 is 0.900 bits per heavy atom. The highest BCUT2D eigenvalue weighted by atomic mass is 32.2. The fourth-order valence-corrected chi connectivity index (χ4v) is 7.84. The van der Waals surface area contributed by atoms with Crippen LogP contribution >= 0.6 is 11.3 Å². The number of halogens is 7. The van der Waals surface area contributed by atoms with Crippen LogP contribution in [-0.4, -0.2) is 19.6 Å². The van der Waals surface area contributed by atoms with Crippen LogP contribution in [0.15, 0.2) is 66.7 Å². The summed E-state index contributed by atoms with van der Waals surface area (Å²) in [5.74, 6) is -1.71. The van der Waals surface area contributed by atoms with Crippen LogP contribution in [-0.2, 0) is 27.4 Å². The SMILES string of the molecule is Cc1c(-c2c(C(Cc3ccc(F)c(C(F)(F)F)c3)(C(F)(F)F)S(N)(=O)=O)sc3ccccc23)[nH]c2ccccc12. The first-order valence-corrected chi connectivity index (χ1v) is 14.0. The molecule has 0 saturated heterocycles. The number of aryl methyl sites for hydroxylation is 1. The normalized spacial score (nSPS) is 14.6. The first-order valence-electron chi connectivity index (χ1n) is 11.6. The molecule has 0 aliphatic heterocycles. The number of aromatic nitrogens is 1. The molecule has 5 aromatic rings. The van der Waals surface area contributed by atoms with Gasteiger partial charge in [0.05, 0.1) is 11.3 Å². The van der Waals surface area contributed by atoms with Gasteiger partial charge in [-0.2, -0.15) is 26.3 Å². The first-order chi connectivity index (χ1) is 18.6. The van der Waals surface area contributed by atoms with Gasteiger partial charge in [-0.15, -0.1) is 11.3 Å². The van der Waals surface area contributed by atoms with Gasteiger partial charge in [-0.25, -0.2) is 17.9 Å². The number of fused-ring (bicyclic) bond motifs is 2. The fourth-order valence-electron chi connectivity index (χ4n) is 5.00. The summed E-state index contributed by atoms with van der Waals surface area (Å²) in [5.41, 5.74) is -1.29. The molecule has 0 bridgehead atoms. The second-order valence-corrected chi connectivity index (χ2v) is 12.2. The van der Waals surface area contributed by atoms with Crippen LogP contribution in [0, 0.1) is 12.7 Å². The van der Waals surface area contributed by atoms with Gasteiger partial charge in [0.2, 0.25) is 14.8 Å². The second-order valence-electron chi connectivity index (χ2n) is 9.33. The number of primary sulfonamides is 1. The number of hydrogen-bond donors (Lipinski definition) is 2. The zero-order valence-corrected chi connectivity index (χ0v) is 22.0. The minimum atomic E-state index is -5.62. The topological polar surface area (TPSA) is 76.0 Å². The number of rotatable bonds is 5. The number of aromatic amines is 1. The van der Waals surface area contributed by atoms with Crippen LogP contribution in [0.5, 0.6) is 0 Å². The molecule has 1 unspecified atom stereocenters. The molecule has 2 heterocycles. The monoisotopic (exact) mass is 600 g/mol. The third kappa shape index (κ3) is 4.36. The van der Waals surface area contributed by atoms with Gasteiger partial charge in [0.25, 0.3) is 0 Å². The van der Waals surface area contributed by atoms with Crippen molar-refractivity contribution < 1.29 is 39.2 Å². The molecule has 0 radical (unpaired) electrons. The third-order valence-electron chi connectivity index (χ3n) is 6.91. The van der Waals surface area contributed by atoms with Crippen molar-refractivity contribution in [2.45, 2.75) is 30.4 Å². The number of nitrogens with one attached hydrogen (secondary N) is 1.